The first-order valence-corrected chi connectivity index (χ1v) is 12.0. The number of fused-ring (bicyclic) bond motifs is 1. The van der Waals surface area contributed by atoms with Crippen molar-refractivity contribution in [2.75, 3.05) is 55.7 Å². The van der Waals surface area contributed by atoms with E-state index in [1.54, 1.807) is 18.3 Å². The quantitative estimate of drug-likeness (QED) is 0.338. The first-order chi connectivity index (χ1) is 17.7. The van der Waals surface area contributed by atoms with E-state index in [0.29, 0.717) is 17.0 Å². The summed E-state index contributed by atoms with van der Waals surface area (Å²) in [6.07, 6.45) is -2.88. The van der Waals surface area contributed by atoms with E-state index in [1.165, 1.54) is 22.7 Å². The van der Waals surface area contributed by atoms with Gasteiger partial charge in [-0.25, -0.2) is 9.52 Å². The van der Waals surface area contributed by atoms with Crippen LogP contribution in [0.3, 0.4) is 0 Å². The summed E-state index contributed by atoms with van der Waals surface area (Å²) in [5, 5.41) is 5.66. The number of likely N-dealkylation sites (N-methyl/N-ethyl adjacent to an activating group) is 1. The molecule has 0 atom stereocenters. The van der Waals surface area contributed by atoms with Crippen molar-refractivity contribution < 1.29 is 17.9 Å². The lowest BCUT2D eigenvalue weighted by molar-refractivity contribution is -0.137. The number of aromatic nitrogens is 3. The molecule has 3 heterocycles. The smallest absolute Gasteiger partial charge is 0.416 e. The zero-order chi connectivity index (χ0) is 26.2. The highest BCUT2D eigenvalue weighted by Gasteiger charge is 2.32. The summed E-state index contributed by atoms with van der Waals surface area (Å²) in [6, 6.07) is 14.5. The molecule has 1 saturated heterocycles. The monoisotopic (exact) mass is 531 g/mol. The first-order valence-electron chi connectivity index (χ1n) is 11.6. The minimum Gasteiger partial charge on any atom is -0.494 e. The molecule has 4 aromatic rings. The van der Waals surface area contributed by atoms with Gasteiger partial charge >= 0.3 is 6.18 Å². The van der Waals surface area contributed by atoms with Crippen molar-refractivity contribution >= 4 is 40.0 Å². The predicted molar refractivity (Wildman–Crippen MR) is 138 cm³/mol. The summed E-state index contributed by atoms with van der Waals surface area (Å²) < 4.78 is 48.1. The van der Waals surface area contributed by atoms with Crippen molar-refractivity contribution in [1.82, 2.24) is 19.5 Å². The number of hydrazine groups is 1. The number of halogens is 4. The lowest BCUT2D eigenvalue weighted by Gasteiger charge is -2.34. The normalized spacial score (nSPS) is 14.7. The molecule has 0 bridgehead atoms. The summed E-state index contributed by atoms with van der Waals surface area (Å²) >= 11 is 6.06. The van der Waals surface area contributed by atoms with E-state index in [1.807, 2.05) is 24.3 Å². The second-order valence-corrected chi connectivity index (χ2v) is 9.05. The number of hydrogen-bond donors (Lipinski definition) is 1. The van der Waals surface area contributed by atoms with Gasteiger partial charge in [-0.2, -0.15) is 18.2 Å². The molecular formula is C25H25ClF3N7O. The largest absolute Gasteiger partial charge is 0.494 e. The van der Waals surface area contributed by atoms with E-state index in [2.05, 4.69) is 32.4 Å². The third-order valence-electron chi connectivity index (χ3n) is 6.26. The maximum absolute atomic E-state index is 13.7. The minimum atomic E-state index is -4.54. The van der Waals surface area contributed by atoms with E-state index >= 15 is 0 Å². The average molecular weight is 532 g/mol. The third kappa shape index (κ3) is 5.23. The third-order valence-corrected chi connectivity index (χ3v) is 6.42. The molecule has 1 aliphatic heterocycles. The van der Waals surface area contributed by atoms with Crippen LogP contribution in [0.25, 0.3) is 5.65 Å². The van der Waals surface area contributed by atoms with Crippen LogP contribution in [-0.4, -0.2) is 59.8 Å². The van der Waals surface area contributed by atoms with Gasteiger partial charge in [-0.15, -0.1) is 5.10 Å². The highest BCUT2D eigenvalue weighted by molar-refractivity contribution is 6.28. The van der Waals surface area contributed by atoms with Crippen LogP contribution < -0.4 is 20.1 Å². The molecule has 0 spiro atoms. The highest BCUT2D eigenvalue weighted by atomic mass is 35.5. The summed E-state index contributed by atoms with van der Waals surface area (Å²) in [6.45, 7) is 3.65. The number of nitrogens with one attached hydrogen (secondary N) is 1. The molecule has 5 rings (SSSR count). The molecule has 0 saturated carbocycles. The number of piperazine rings is 1. The maximum Gasteiger partial charge on any atom is 0.416 e. The van der Waals surface area contributed by atoms with E-state index in [4.69, 9.17) is 16.3 Å². The second-order valence-electron chi connectivity index (χ2n) is 8.71. The van der Waals surface area contributed by atoms with Crippen LogP contribution in [0.1, 0.15) is 5.56 Å². The van der Waals surface area contributed by atoms with Crippen LogP contribution >= 0.6 is 11.6 Å². The molecule has 0 aliphatic carbocycles. The van der Waals surface area contributed by atoms with Gasteiger partial charge < -0.3 is 14.5 Å². The van der Waals surface area contributed by atoms with Crippen molar-refractivity contribution in [3.05, 3.63) is 71.6 Å². The Morgan fingerprint density at radius 1 is 1.00 bits per heavy atom. The number of nitrogens with zero attached hydrogens (tertiary/aromatic N) is 6. The molecule has 1 aliphatic rings. The van der Waals surface area contributed by atoms with Gasteiger partial charge in [0.25, 0.3) is 0 Å². The Morgan fingerprint density at radius 3 is 2.51 bits per heavy atom. The molecule has 8 nitrogen and oxygen atoms in total. The Hall–Kier alpha value is -3.70. The van der Waals surface area contributed by atoms with Crippen molar-refractivity contribution in [3.63, 3.8) is 0 Å². The highest BCUT2D eigenvalue weighted by Crippen LogP contribution is 2.40. The zero-order valence-corrected chi connectivity index (χ0v) is 21.0. The minimum absolute atomic E-state index is 0.0143. The van der Waals surface area contributed by atoms with Gasteiger partial charge in [0, 0.05) is 38.1 Å². The first kappa shape index (κ1) is 25.0. The molecule has 194 valence electrons. The molecule has 1 N–H and O–H groups in total. The van der Waals surface area contributed by atoms with Crippen LogP contribution in [0.2, 0.25) is 5.28 Å². The average Bonchev–Trinajstić information content (AvgIpc) is 3.27. The lowest BCUT2D eigenvalue weighted by atomic mass is 10.1. The molecule has 12 heteroatoms. The molecule has 2 aromatic carbocycles. The van der Waals surface area contributed by atoms with Crippen LogP contribution in [0.15, 0.2) is 60.8 Å². The van der Waals surface area contributed by atoms with Crippen LogP contribution in [0.4, 0.5) is 35.9 Å². The SMILES string of the molecule is COc1ccc(C(F)(F)F)cc1N(Nc1cccc(N2CCN(C)CC2)c1)c1cccn2nc(Cl)nc12. The molecule has 1 fully saturated rings. The number of methoxy groups -OCH3 is 1. The zero-order valence-electron chi connectivity index (χ0n) is 20.2. The van der Waals surface area contributed by atoms with E-state index in [0.717, 1.165) is 44.0 Å². The van der Waals surface area contributed by atoms with Crippen LogP contribution in [0, 0.1) is 0 Å². The lowest BCUT2D eigenvalue weighted by Crippen LogP contribution is -2.44. The van der Waals surface area contributed by atoms with Gasteiger partial charge in [-0.1, -0.05) is 6.07 Å². The second kappa shape index (κ2) is 9.98. The van der Waals surface area contributed by atoms with E-state index in [9.17, 15) is 13.2 Å². The van der Waals surface area contributed by atoms with Gasteiger partial charge in [0.05, 0.1) is 18.4 Å². The van der Waals surface area contributed by atoms with Crippen molar-refractivity contribution in [2.24, 2.45) is 0 Å². The van der Waals surface area contributed by atoms with Crippen molar-refractivity contribution in [2.45, 2.75) is 6.18 Å². The molecule has 37 heavy (non-hydrogen) atoms. The Bertz CT molecular complexity index is 1400. The van der Waals surface area contributed by atoms with E-state index in [-0.39, 0.29) is 16.7 Å². The Balaban J connectivity index is 1.61. The summed E-state index contributed by atoms with van der Waals surface area (Å²) in [4.78, 5) is 8.83. The molecule has 0 radical (unpaired) electrons. The summed E-state index contributed by atoms with van der Waals surface area (Å²) in [5.74, 6) is 0.239. The number of hydrogen-bond acceptors (Lipinski definition) is 7. The predicted octanol–water partition coefficient (Wildman–Crippen LogP) is 5.33. The number of pyridine rings is 1. The fraction of sp³-hybridized carbons (Fsp3) is 0.280. The maximum atomic E-state index is 13.7. The number of rotatable bonds is 6. The Labute approximate surface area is 216 Å². The van der Waals surface area contributed by atoms with Crippen molar-refractivity contribution in [1.29, 1.82) is 0 Å². The van der Waals surface area contributed by atoms with Crippen LogP contribution in [0.5, 0.6) is 5.75 Å². The Morgan fingerprint density at radius 2 is 1.78 bits per heavy atom. The van der Waals surface area contributed by atoms with Gasteiger partial charge in [0.15, 0.2) is 5.65 Å². The summed E-state index contributed by atoms with van der Waals surface area (Å²) in [5.41, 5.74) is 5.09. The number of benzene rings is 2. The fourth-order valence-electron chi connectivity index (χ4n) is 4.30. The number of alkyl halides is 3. The molecular weight excluding hydrogens is 507 g/mol. The van der Waals surface area contributed by atoms with Crippen molar-refractivity contribution in [3.8, 4) is 5.75 Å². The molecule has 0 unspecified atom stereocenters. The topological polar surface area (TPSA) is 61.2 Å². The number of anilines is 4. The number of ether oxygens (including phenoxy) is 1. The Kier molecular flexibility index (Phi) is 6.74. The van der Waals surface area contributed by atoms with Gasteiger partial charge in [0.2, 0.25) is 5.28 Å². The van der Waals surface area contributed by atoms with Crippen LogP contribution in [-0.2, 0) is 6.18 Å². The fourth-order valence-corrected chi connectivity index (χ4v) is 4.46. The summed E-state index contributed by atoms with van der Waals surface area (Å²) in [7, 11) is 3.50. The van der Waals surface area contributed by atoms with Gasteiger partial charge in [0.1, 0.15) is 17.1 Å². The molecule has 2 aromatic heterocycles. The van der Waals surface area contributed by atoms with Gasteiger partial charge in [-0.05, 0) is 67.2 Å². The standard InChI is InChI=1S/C25H25ClF3N7O/c1-33-11-13-34(14-12-33)19-6-3-5-18(16-19)31-36(20-7-4-10-35-23(20)30-24(26)32-35)21-15-17(25(27,28)29)8-9-22(21)37-2/h3-10,15-16,31H,11-14H2,1-2H3. The van der Waals surface area contributed by atoms with Gasteiger partial charge in [-0.3, -0.25) is 5.43 Å². The molecule has 0 amide bonds. The van der Waals surface area contributed by atoms with E-state index < -0.39 is 11.7 Å².